The highest BCUT2D eigenvalue weighted by Gasteiger charge is 2.29. The summed E-state index contributed by atoms with van der Waals surface area (Å²) in [6.07, 6.45) is 0.505. The van der Waals surface area contributed by atoms with Crippen molar-refractivity contribution in [3.63, 3.8) is 0 Å². The number of amides is 1. The van der Waals surface area contributed by atoms with Crippen molar-refractivity contribution in [1.29, 1.82) is 0 Å². The monoisotopic (exact) mass is 363 g/mol. The van der Waals surface area contributed by atoms with E-state index < -0.39 is 25.8 Å². The lowest BCUT2D eigenvalue weighted by Gasteiger charge is -2.09. The highest BCUT2D eigenvalue weighted by molar-refractivity contribution is 8.02. The molecule has 0 radical (unpaired) electrons. The zero-order valence-corrected chi connectivity index (χ0v) is 14.4. The van der Waals surface area contributed by atoms with Gasteiger partial charge in [0.05, 0.1) is 22.2 Å². The summed E-state index contributed by atoms with van der Waals surface area (Å²) in [5, 5.41) is -0.141. The van der Waals surface area contributed by atoms with Crippen LogP contribution in [0.15, 0.2) is 29.2 Å². The first-order chi connectivity index (χ1) is 10.2. The van der Waals surface area contributed by atoms with E-state index in [0.717, 1.165) is 5.56 Å². The van der Waals surface area contributed by atoms with Gasteiger partial charge in [0.15, 0.2) is 9.84 Å². The van der Waals surface area contributed by atoms with Gasteiger partial charge in [-0.15, -0.1) is 11.8 Å². The summed E-state index contributed by atoms with van der Waals surface area (Å²) < 4.78 is 48.8. The number of sulfone groups is 1. The summed E-state index contributed by atoms with van der Waals surface area (Å²) in [6.45, 7) is 1.76. The van der Waals surface area contributed by atoms with E-state index in [1.54, 1.807) is 19.1 Å². The molecular formula is C13H17NO5S3. The quantitative estimate of drug-likeness (QED) is 0.828. The van der Waals surface area contributed by atoms with Crippen molar-refractivity contribution in [2.24, 2.45) is 0 Å². The Hall–Kier alpha value is -1.06. The van der Waals surface area contributed by atoms with Crippen molar-refractivity contribution in [2.45, 2.75) is 23.5 Å². The van der Waals surface area contributed by atoms with Gasteiger partial charge in [0.1, 0.15) is 0 Å². The Morgan fingerprint density at radius 1 is 1.41 bits per heavy atom. The van der Waals surface area contributed by atoms with Gasteiger partial charge in [0.25, 0.3) is 10.0 Å². The van der Waals surface area contributed by atoms with Gasteiger partial charge in [-0.1, -0.05) is 12.1 Å². The van der Waals surface area contributed by atoms with Crippen molar-refractivity contribution < 1.29 is 21.6 Å². The number of nitrogens with one attached hydrogen (secondary N) is 1. The molecule has 0 saturated carbocycles. The van der Waals surface area contributed by atoms with Gasteiger partial charge in [0.2, 0.25) is 5.91 Å². The predicted molar refractivity (Wildman–Crippen MR) is 86.0 cm³/mol. The van der Waals surface area contributed by atoms with Gasteiger partial charge in [-0.25, -0.2) is 21.6 Å². The van der Waals surface area contributed by atoms with E-state index in [2.05, 4.69) is 0 Å². The number of carbonyl (C=O) groups is 1. The molecule has 22 heavy (non-hydrogen) atoms. The maximum atomic E-state index is 12.1. The van der Waals surface area contributed by atoms with Crippen LogP contribution in [0.5, 0.6) is 0 Å². The summed E-state index contributed by atoms with van der Waals surface area (Å²) in [5.41, 5.74) is 0.779. The number of rotatable bonds is 5. The number of benzene rings is 1. The van der Waals surface area contributed by atoms with Crippen LogP contribution < -0.4 is 4.72 Å². The molecule has 1 aromatic carbocycles. The Bertz CT molecular complexity index is 771. The van der Waals surface area contributed by atoms with E-state index in [1.165, 1.54) is 23.9 Å². The van der Waals surface area contributed by atoms with Crippen LogP contribution in [-0.2, 0) is 24.7 Å². The van der Waals surface area contributed by atoms with Crippen molar-refractivity contribution >= 4 is 37.5 Å². The fourth-order valence-electron chi connectivity index (χ4n) is 2.11. The molecule has 1 N–H and O–H groups in total. The lowest BCUT2D eigenvalue weighted by molar-refractivity contribution is -0.116. The number of aryl methyl sites for hydroxylation is 1. The zero-order chi connectivity index (χ0) is 16.4. The van der Waals surface area contributed by atoms with Gasteiger partial charge in [0, 0.05) is 5.25 Å². The summed E-state index contributed by atoms with van der Waals surface area (Å²) in [6, 6.07) is 6.26. The molecule has 122 valence electrons. The third kappa shape index (κ3) is 4.72. The second-order valence-electron chi connectivity index (χ2n) is 5.18. The number of sulfonamides is 1. The Morgan fingerprint density at radius 2 is 2.14 bits per heavy atom. The summed E-state index contributed by atoms with van der Waals surface area (Å²) in [4.78, 5) is 11.8. The molecule has 1 amide bonds. The summed E-state index contributed by atoms with van der Waals surface area (Å²) >= 11 is 1.18. The molecule has 0 aromatic heterocycles. The lowest BCUT2D eigenvalue weighted by Crippen LogP contribution is -2.32. The molecule has 0 aliphatic carbocycles. The standard InChI is InChI=1S/C13H17NO5S3/c1-10-3-2-4-12(7-10)22(18,19)14-13(15)8-20-11-5-6-21(16,17)9-11/h2-4,7,11H,5-6,8-9H2,1H3,(H,14,15). The first kappa shape index (κ1) is 17.3. The molecule has 1 saturated heterocycles. The van der Waals surface area contributed by atoms with Crippen molar-refractivity contribution in [2.75, 3.05) is 17.3 Å². The molecule has 1 aliphatic heterocycles. The van der Waals surface area contributed by atoms with Crippen LogP contribution in [0.3, 0.4) is 0 Å². The highest BCUT2D eigenvalue weighted by Crippen LogP contribution is 2.24. The third-order valence-electron chi connectivity index (χ3n) is 3.19. The molecule has 2 rings (SSSR count). The fraction of sp³-hybridized carbons (Fsp3) is 0.462. The van der Waals surface area contributed by atoms with Crippen molar-refractivity contribution in [3.05, 3.63) is 29.8 Å². The van der Waals surface area contributed by atoms with Gasteiger partial charge >= 0.3 is 0 Å². The number of hydrogen-bond acceptors (Lipinski definition) is 6. The molecule has 9 heteroatoms. The van der Waals surface area contributed by atoms with Gasteiger partial charge in [-0.3, -0.25) is 4.79 Å². The second-order valence-corrected chi connectivity index (χ2v) is 10.4. The lowest BCUT2D eigenvalue weighted by atomic mass is 10.2. The molecule has 0 bridgehead atoms. The third-order valence-corrected chi connectivity index (χ3v) is 7.84. The molecule has 0 spiro atoms. The first-order valence-electron chi connectivity index (χ1n) is 6.62. The van der Waals surface area contributed by atoms with Crippen LogP contribution in [0.25, 0.3) is 0 Å². The van der Waals surface area contributed by atoms with Crippen LogP contribution in [0.4, 0.5) is 0 Å². The van der Waals surface area contributed by atoms with Crippen LogP contribution in [-0.4, -0.2) is 45.3 Å². The maximum Gasteiger partial charge on any atom is 0.264 e. The Balaban J connectivity index is 1.92. The molecule has 1 heterocycles. The molecular weight excluding hydrogens is 346 g/mol. The minimum atomic E-state index is -3.88. The van der Waals surface area contributed by atoms with E-state index in [-0.39, 0.29) is 27.4 Å². The molecule has 1 atom stereocenters. The SMILES string of the molecule is Cc1cccc(S(=O)(=O)NC(=O)CSC2CCS(=O)(=O)C2)c1. The average Bonchev–Trinajstić information content (AvgIpc) is 2.76. The molecule has 6 nitrogen and oxygen atoms in total. The van der Waals surface area contributed by atoms with Crippen LogP contribution in [0.2, 0.25) is 0 Å². The Labute approximate surface area is 134 Å². The number of carbonyl (C=O) groups excluding carboxylic acids is 1. The zero-order valence-electron chi connectivity index (χ0n) is 12.0. The average molecular weight is 363 g/mol. The topological polar surface area (TPSA) is 97.4 Å². The minimum absolute atomic E-state index is 0.0364. The molecule has 1 unspecified atom stereocenters. The molecule has 1 fully saturated rings. The van der Waals surface area contributed by atoms with E-state index in [1.807, 2.05) is 4.72 Å². The fourth-order valence-corrected chi connectivity index (χ4v) is 6.73. The smallest absolute Gasteiger partial charge is 0.264 e. The molecule has 1 aromatic rings. The van der Waals surface area contributed by atoms with E-state index in [4.69, 9.17) is 0 Å². The van der Waals surface area contributed by atoms with Crippen LogP contribution >= 0.6 is 11.8 Å². The van der Waals surface area contributed by atoms with E-state index in [9.17, 15) is 21.6 Å². The van der Waals surface area contributed by atoms with E-state index in [0.29, 0.717) is 6.42 Å². The second kappa shape index (κ2) is 6.59. The van der Waals surface area contributed by atoms with Crippen LogP contribution in [0.1, 0.15) is 12.0 Å². The van der Waals surface area contributed by atoms with E-state index >= 15 is 0 Å². The predicted octanol–water partition coefficient (Wildman–Crippen LogP) is 0.720. The number of hydrogen-bond donors (Lipinski definition) is 1. The maximum absolute atomic E-state index is 12.1. The van der Waals surface area contributed by atoms with Crippen molar-refractivity contribution in [3.8, 4) is 0 Å². The highest BCUT2D eigenvalue weighted by atomic mass is 32.2. The Morgan fingerprint density at radius 3 is 2.73 bits per heavy atom. The largest absolute Gasteiger partial charge is 0.273 e. The number of thioether (sulfide) groups is 1. The van der Waals surface area contributed by atoms with Crippen LogP contribution in [0, 0.1) is 6.92 Å². The van der Waals surface area contributed by atoms with Gasteiger partial charge in [-0.2, -0.15) is 0 Å². The van der Waals surface area contributed by atoms with Gasteiger partial charge < -0.3 is 0 Å². The first-order valence-corrected chi connectivity index (χ1v) is 11.0. The normalized spacial score (nSPS) is 20.7. The minimum Gasteiger partial charge on any atom is -0.273 e. The summed E-state index contributed by atoms with van der Waals surface area (Å²) in [5.74, 6) is -0.537. The summed E-state index contributed by atoms with van der Waals surface area (Å²) in [7, 11) is -6.88. The molecule has 1 aliphatic rings. The van der Waals surface area contributed by atoms with Crippen molar-refractivity contribution in [1.82, 2.24) is 4.72 Å². The Kier molecular flexibility index (Phi) is 5.18. The van der Waals surface area contributed by atoms with Gasteiger partial charge in [-0.05, 0) is 31.0 Å².